The van der Waals surface area contributed by atoms with Gasteiger partial charge in [0, 0.05) is 0 Å². The number of nitrogens with one attached hydrogen (secondary N) is 1. The maximum absolute atomic E-state index is 11.3. The van der Waals surface area contributed by atoms with Crippen molar-refractivity contribution in [2.24, 2.45) is 5.92 Å². The van der Waals surface area contributed by atoms with Gasteiger partial charge in [-0.2, -0.15) is 0 Å². The van der Waals surface area contributed by atoms with E-state index in [9.17, 15) is 5.11 Å². The summed E-state index contributed by atoms with van der Waals surface area (Å²) in [5, 5.41) is 13.4. The van der Waals surface area contributed by atoms with Gasteiger partial charge in [-0.25, -0.2) is 4.98 Å². The van der Waals surface area contributed by atoms with Gasteiger partial charge in [0.2, 0.25) is 0 Å². The van der Waals surface area contributed by atoms with Crippen molar-refractivity contribution in [3.8, 4) is 5.75 Å². The molecule has 0 radical (unpaired) electrons. The predicted molar refractivity (Wildman–Crippen MR) is 86.9 cm³/mol. The lowest BCUT2D eigenvalue weighted by Gasteiger charge is -2.32. The van der Waals surface area contributed by atoms with Crippen molar-refractivity contribution in [3.63, 3.8) is 0 Å². The average molecular weight is 296 g/mol. The van der Waals surface area contributed by atoms with E-state index in [2.05, 4.69) is 9.97 Å². The molecule has 1 aromatic heterocycles. The molecule has 1 heterocycles. The maximum Gasteiger partial charge on any atom is 0.133 e. The monoisotopic (exact) mass is 296 g/mol. The fourth-order valence-corrected chi connectivity index (χ4v) is 2.85. The summed E-state index contributed by atoms with van der Waals surface area (Å²) in [7, 11) is 1.66. The third-order valence-electron chi connectivity index (χ3n) is 4.23. The Morgan fingerprint density at radius 3 is 2.50 bits per heavy atom. The Labute approximate surface area is 129 Å². The first-order chi connectivity index (χ1) is 10.6. The summed E-state index contributed by atoms with van der Waals surface area (Å²) in [6.07, 6.45) is 3.27. The number of hydrogen-bond acceptors (Lipinski definition) is 3. The molecule has 4 heteroatoms. The number of hydrogen-bond donors (Lipinski definition) is 2. The molecule has 4 nitrogen and oxygen atoms in total. The molecule has 0 saturated carbocycles. The Balaban J connectivity index is 2.15. The van der Waals surface area contributed by atoms with Gasteiger partial charge in [-0.05, 0) is 40.5 Å². The van der Waals surface area contributed by atoms with Gasteiger partial charge in [0.25, 0.3) is 0 Å². The second-order valence-corrected chi connectivity index (χ2v) is 5.81. The minimum absolute atomic E-state index is 0.00338. The number of fused-ring (bicyclic) bond motifs is 1. The topological polar surface area (TPSA) is 58.1 Å². The molecule has 0 amide bonds. The molecule has 0 spiro atoms. The third-order valence-corrected chi connectivity index (χ3v) is 4.23. The van der Waals surface area contributed by atoms with Gasteiger partial charge in [-0.15, -0.1) is 0 Å². The van der Waals surface area contributed by atoms with Crippen LogP contribution >= 0.6 is 0 Å². The Bertz CT molecular complexity index is 781. The molecule has 2 N–H and O–H groups in total. The first-order valence-electron chi connectivity index (χ1n) is 7.35. The van der Waals surface area contributed by atoms with E-state index >= 15 is 0 Å². The van der Waals surface area contributed by atoms with Crippen molar-refractivity contribution >= 4 is 10.8 Å². The molecule has 22 heavy (non-hydrogen) atoms. The van der Waals surface area contributed by atoms with Crippen molar-refractivity contribution in [3.05, 3.63) is 60.2 Å². The minimum atomic E-state index is -1.09. The number of rotatable bonds is 4. The molecule has 0 aliphatic rings. The standard InChI is InChI=1S/C18H20N2O2/c1-12(2)18(21,17-10-19-11-20-17)15-6-4-14-9-16(22-3)7-5-13(14)8-15/h4-12,21H,1-3H3,(H,19,20)/t18-/m1/s1. The molecular formula is C18H20N2O2. The second kappa shape index (κ2) is 5.46. The van der Waals surface area contributed by atoms with Crippen LogP contribution in [0.25, 0.3) is 10.8 Å². The smallest absolute Gasteiger partial charge is 0.133 e. The van der Waals surface area contributed by atoms with Crippen LogP contribution in [0.4, 0.5) is 0 Å². The first kappa shape index (κ1) is 14.6. The zero-order valence-electron chi connectivity index (χ0n) is 13.0. The molecular weight excluding hydrogens is 276 g/mol. The van der Waals surface area contributed by atoms with Crippen LogP contribution in [-0.2, 0) is 5.60 Å². The van der Waals surface area contributed by atoms with Gasteiger partial charge in [0.1, 0.15) is 11.4 Å². The number of benzene rings is 2. The van der Waals surface area contributed by atoms with Gasteiger partial charge >= 0.3 is 0 Å². The number of aromatic nitrogens is 2. The van der Waals surface area contributed by atoms with Crippen LogP contribution in [0.2, 0.25) is 0 Å². The lowest BCUT2D eigenvalue weighted by Crippen LogP contribution is -2.33. The van der Waals surface area contributed by atoms with E-state index in [1.807, 2.05) is 50.2 Å². The normalized spacial score (nSPS) is 14.2. The maximum atomic E-state index is 11.3. The Kier molecular flexibility index (Phi) is 3.62. The molecule has 1 atom stereocenters. The molecule has 0 aliphatic carbocycles. The van der Waals surface area contributed by atoms with Crippen molar-refractivity contribution in [2.75, 3.05) is 7.11 Å². The zero-order chi connectivity index (χ0) is 15.7. The third kappa shape index (κ3) is 2.25. The molecule has 2 aromatic carbocycles. The van der Waals surface area contributed by atoms with E-state index in [1.165, 1.54) is 0 Å². The lowest BCUT2D eigenvalue weighted by molar-refractivity contribution is 0.0281. The fraction of sp³-hybridized carbons (Fsp3) is 0.278. The largest absolute Gasteiger partial charge is 0.497 e. The number of ether oxygens (including phenoxy) is 1. The Morgan fingerprint density at radius 2 is 1.86 bits per heavy atom. The second-order valence-electron chi connectivity index (χ2n) is 5.81. The average Bonchev–Trinajstić information content (AvgIpc) is 3.07. The van der Waals surface area contributed by atoms with E-state index in [-0.39, 0.29) is 5.92 Å². The van der Waals surface area contributed by atoms with E-state index < -0.39 is 5.60 Å². The van der Waals surface area contributed by atoms with E-state index in [0.29, 0.717) is 5.69 Å². The van der Waals surface area contributed by atoms with Crippen molar-refractivity contribution in [1.29, 1.82) is 0 Å². The van der Waals surface area contributed by atoms with Crippen LogP contribution in [-0.4, -0.2) is 22.2 Å². The van der Waals surface area contributed by atoms with Crippen molar-refractivity contribution in [1.82, 2.24) is 9.97 Å². The fourth-order valence-electron chi connectivity index (χ4n) is 2.85. The van der Waals surface area contributed by atoms with Crippen LogP contribution < -0.4 is 4.74 Å². The molecule has 0 bridgehead atoms. The highest BCUT2D eigenvalue weighted by Crippen LogP contribution is 2.37. The molecule has 3 aromatic rings. The van der Waals surface area contributed by atoms with Crippen LogP contribution in [0.1, 0.15) is 25.1 Å². The van der Waals surface area contributed by atoms with Crippen molar-refractivity contribution < 1.29 is 9.84 Å². The van der Waals surface area contributed by atoms with E-state index in [4.69, 9.17) is 4.74 Å². The van der Waals surface area contributed by atoms with Gasteiger partial charge in [0.05, 0.1) is 25.3 Å². The Morgan fingerprint density at radius 1 is 1.14 bits per heavy atom. The predicted octanol–water partition coefficient (Wildman–Crippen LogP) is 3.46. The highest BCUT2D eigenvalue weighted by molar-refractivity contribution is 5.84. The number of imidazole rings is 1. The van der Waals surface area contributed by atoms with Crippen LogP contribution in [0.15, 0.2) is 48.9 Å². The van der Waals surface area contributed by atoms with Gasteiger partial charge < -0.3 is 14.8 Å². The SMILES string of the molecule is COc1ccc2cc([C@@](O)(c3cnc[nH]3)C(C)C)ccc2c1. The number of H-pyrrole nitrogens is 1. The molecule has 0 unspecified atom stereocenters. The van der Waals surface area contributed by atoms with Gasteiger partial charge in [-0.1, -0.05) is 32.0 Å². The van der Waals surface area contributed by atoms with E-state index in [0.717, 1.165) is 22.1 Å². The van der Waals surface area contributed by atoms with Crippen LogP contribution in [0.5, 0.6) is 5.75 Å². The quantitative estimate of drug-likeness (QED) is 0.775. The summed E-state index contributed by atoms with van der Waals surface area (Å²) in [4.78, 5) is 7.09. The molecule has 0 saturated heterocycles. The van der Waals surface area contributed by atoms with Gasteiger partial charge in [-0.3, -0.25) is 0 Å². The summed E-state index contributed by atoms with van der Waals surface area (Å²) < 4.78 is 5.25. The van der Waals surface area contributed by atoms with E-state index in [1.54, 1.807) is 19.6 Å². The number of aromatic amines is 1. The summed E-state index contributed by atoms with van der Waals surface area (Å²) in [5.74, 6) is 0.830. The molecule has 114 valence electrons. The number of aliphatic hydroxyl groups is 1. The summed E-state index contributed by atoms with van der Waals surface area (Å²) in [6.45, 7) is 4.00. The molecule has 0 fully saturated rings. The first-order valence-corrected chi connectivity index (χ1v) is 7.35. The lowest BCUT2D eigenvalue weighted by atomic mass is 9.80. The van der Waals surface area contributed by atoms with Crippen LogP contribution in [0.3, 0.4) is 0 Å². The highest BCUT2D eigenvalue weighted by atomic mass is 16.5. The van der Waals surface area contributed by atoms with Gasteiger partial charge in [0.15, 0.2) is 0 Å². The minimum Gasteiger partial charge on any atom is -0.497 e. The zero-order valence-corrected chi connectivity index (χ0v) is 13.0. The summed E-state index contributed by atoms with van der Waals surface area (Å²) in [6, 6.07) is 11.9. The molecule has 0 aliphatic heterocycles. The highest BCUT2D eigenvalue weighted by Gasteiger charge is 2.36. The summed E-state index contributed by atoms with van der Waals surface area (Å²) in [5.41, 5.74) is 0.463. The van der Waals surface area contributed by atoms with Crippen molar-refractivity contribution in [2.45, 2.75) is 19.4 Å². The van der Waals surface area contributed by atoms with Crippen LogP contribution in [0, 0.1) is 5.92 Å². The summed E-state index contributed by atoms with van der Waals surface area (Å²) >= 11 is 0. The molecule has 3 rings (SSSR count). The Hall–Kier alpha value is -2.33. The number of nitrogens with zero attached hydrogens (tertiary/aromatic N) is 1. The number of methoxy groups -OCH3 is 1.